The summed E-state index contributed by atoms with van der Waals surface area (Å²) in [5, 5.41) is 9.64. The van der Waals surface area contributed by atoms with Crippen LogP contribution in [0.3, 0.4) is 0 Å². The van der Waals surface area contributed by atoms with E-state index in [9.17, 15) is 14.4 Å². The molecule has 3 rings (SSSR count). The molecule has 2 aliphatic rings. The van der Waals surface area contributed by atoms with E-state index in [2.05, 4.69) is 21.2 Å². The Morgan fingerprint density at radius 2 is 2.08 bits per heavy atom. The van der Waals surface area contributed by atoms with Crippen molar-refractivity contribution >= 4 is 29.2 Å². The molecule has 0 radical (unpaired) electrons. The number of nitrogens with one attached hydrogen (secondary N) is 3. The molecule has 1 saturated heterocycles. The molecule has 0 spiro atoms. The predicted molar refractivity (Wildman–Crippen MR) is 97.7 cm³/mol. The summed E-state index contributed by atoms with van der Waals surface area (Å²) in [4.78, 5) is 36.5. The van der Waals surface area contributed by atoms with Gasteiger partial charge in [0.2, 0.25) is 11.8 Å². The molecular weight excluding hydrogens is 334 g/mol. The minimum absolute atomic E-state index is 0.0548. The Morgan fingerprint density at radius 3 is 2.73 bits per heavy atom. The van der Waals surface area contributed by atoms with E-state index in [1.165, 1.54) is 0 Å². The second-order valence-electron chi connectivity index (χ2n) is 6.58. The first-order valence-electron chi connectivity index (χ1n) is 8.82. The lowest BCUT2D eigenvalue weighted by Crippen LogP contribution is -2.37. The Morgan fingerprint density at radius 1 is 1.31 bits per heavy atom. The number of carbonyl (C=O) groups excluding carboxylic acids is 3. The van der Waals surface area contributed by atoms with Gasteiger partial charge in [0.1, 0.15) is 0 Å². The predicted octanol–water partition coefficient (Wildman–Crippen LogP) is 1.29. The summed E-state index contributed by atoms with van der Waals surface area (Å²) in [5.41, 5.74) is 4.90. The van der Waals surface area contributed by atoms with E-state index < -0.39 is 0 Å². The van der Waals surface area contributed by atoms with Gasteiger partial charge in [-0.3, -0.25) is 9.59 Å². The van der Waals surface area contributed by atoms with E-state index in [1.54, 1.807) is 17.0 Å². The zero-order chi connectivity index (χ0) is 18.5. The van der Waals surface area contributed by atoms with Crippen molar-refractivity contribution in [2.75, 3.05) is 25.0 Å². The monoisotopic (exact) mass is 357 g/mol. The molecule has 3 N–H and O–H groups in total. The zero-order valence-electron chi connectivity index (χ0n) is 14.7. The van der Waals surface area contributed by atoms with Crippen molar-refractivity contribution in [1.82, 2.24) is 15.6 Å². The van der Waals surface area contributed by atoms with Gasteiger partial charge in [-0.2, -0.15) is 5.10 Å². The van der Waals surface area contributed by atoms with Gasteiger partial charge in [0.15, 0.2) is 0 Å². The summed E-state index contributed by atoms with van der Waals surface area (Å²) in [5.74, 6) is 0.129. The lowest BCUT2D eigenvalue weighted by molar-refractivity contribution is -0.127. The third-order valence-electron chi connectivity index (χ3n) is 4.54. The maximum atomic E-state index is 11.9. The Bertz CT molecular complexity index is 729. The molecule has 8 heteroatoms. The van der Waals surface area contributed by atoms with Crippen molar-refractivity contribution in [3.63, 3.8) is 0 Å². The molecule has 1 unspecified atom stereocenters. The van der Waals surface area contributed by atoms with Gasteiger partial charge >= 0.3 is 6.03 Å². The molecule has 8 nitrogen and oxygen atoms in total. The fraction of sp³-hybridized carbons (Fsp3) is 0.444. The average molecular weight is 357 g/mol. The SMILES string of the molecule is CC1CC(=O)NN=C1c1ccc(NC(=O)NCCN2CCCC2=O)cc1. The molecule has 1 atom stereocenters. The summed E-state index contributed by atoms with van der Waals surface area (Å²) < 4.78 is 0. The smallest absolute Gasteiger partial charge is 0.319 e. The highest BCUT2D eigenvalue weighted by Gasteiger charge is 2.21. The number of benzene rings is 1. The first-order valence-corrected chi connectivity index (χ1v) is 8.82. The van der Waals surface area contributed by atoms with Crippen LogP contribution in [0, 0.1) is 5.92 Å². The van der Waals surface area contributed by atoms with E-state index in [4.69, 9.17) is 0 Å². The Kier molecular flexibility index (Phi) is 5.50. The lowest BCUT2D eigenvalue weighted by Gasteiger charge is -2.19. The second-order valence-corrected chi connectivity index (χ2v) is 6.58. The molecule has 0 aromatic heterocycles. The van der Waals surface area contributed by atoms with Gasteiger partial charge in [-0.15, -0.1) is 0 Å². The lowest BCUT2D eigenvalue weighted by atomic mass is 9.94. The highest BCUT2D eigenvalue weighted by Crippen LogP contribution is 2.18. The highest BCUT2D eigenvalue weighted by atomic mass is 16.2. The third-order valence-corrected chi connectivity index (χ3v) is 4.54. The fourth-order valence-electron chi connectivity index (χ4n) is 3.15. The number of likely N-dealkylation sites (tertiary alicyclic amines) is 1. The van der Waals surface area contributed by atoms with Crippen LogP contribution in [0.5, 0.6) is 0 Å². The van der Waals surface area contributed by atoms with Gasteiger partial charge in [0.05, 0.1) is 5.71 Å². The van der Waals surface area contributed by atoms with Crippen LogP contribution in [0.15, 0.2) is 29.4 Å². The molecule has 1 aromatic rings. The number of hydrazone groups is 1. The molecule has 2 aliphatic heterocycles. The number of amides is 4. The quantitative estimate of drug-likeness (QED) is 0.740. The number of anilines is 1. The van der Waals surface area contributed by atoms with Gasteiger partial charge in [0, 0.05) is 44.1 Å². The van der Waals surface area contributed by atoms with E-state index in [1.807, 2.05) is 19.1 Å². The van der Waals surface area contributed by atoms with Crippen LogP contribution in [0.1, 0.15) is 31.7 Å². The Balaban J connectivity index is 1.48. The second kappa shape index (κ2) is 7.99. The van der Waals surface area contributed by atoms with Gasteiger partial charge in [0.25, 0.3) is 0 Å². The third kappa shape index (κ3) is 4.38. The number of rotatable bonds is 5. The van der Waals surface area contributed by atoms with E-state index >= 15 is 0 Å². The molecule has 0 bridgehead atoms. The van der Waals surface area contributed by atoms with Crippen molar-refractivity contribution in [3.8, 4) is 0 Å². The topological polar surface area (TPSA) is 103 Å². The van der Waals surface area contributed by atoms with Crippen LogP contribution < -0.4 is 16.1 Å². The average Bonchev–Trinajstić information content (AvgIpc) is 3.01. The van der Waals surface area contributed by atoms with Crippen molar-refractivity contribution in [2.24, 2.45) is 11.0 Å². The fourth-order valence-corrected chi connectivity index (χ4v) is 3.15. The van der Waals surface area contributed by atoms with E-state index in [0.717, 1.165) is 24.2 Å². The van der Waals surface area contributed by atoms with Crippen LogP contribution in [0.2, 0.25) is 0 Å². The molecule has 26 heavy (non-hydrogen) atoms. The molecule has 2 heterocycles. The molecule has 0 saturated carbocycles. The number of carbonyl (C=O) groups is 3. The van der Waals surface area contributed by atoms with Crippen LogP contribution in [-0.2, 0) is 9.59 Å². The molecule has 4 amide bonds. The zero-order valence-corrected chi connectivity index (χ0v) is 14.7. The molecule has 138 valence electrons. The normalized spacial score (nSPS) is 19.8. The van der Waals surface area contributed by atoms with Crippen molar-refractivity contribution < 1.29 is 14.4 Å². The Labute approximate surface area is 152 Å². The standard InChI is InChI=1S/C18H23N5O3/c1-12-11-15(24)21-22-17(12)13-4-6-14(7-5-13)20-18(26)19-8-10-23-9-2-3-16(23)25/h4-7,12H,2-3,8-11H2,1H3,(H,21,24)(H2,19,20,26). The summed E-state index contributed by atoms with van der Waals surface area (Å²) in [6, 6.07) is 7.02. The highest BCUT2D eigenvalue weighted by molar-refractivity contribution is 6.06. The summed E-state index contributed by atoms with van der Waals surface area (Å²) in [6.07, 6.45) is 1.91. The van der Waals surface area contributed by atoms with Crippen LogP contribution in [-0.4, -0.2) is 48.1 Å². The first-order chi connectivity index (χ1) is 12.5. The Hall–Kier alpha value is -2.90. The van der Waals surface area contributed by atoms with Gasteiger partial charge in [-0.05, 0) is 24.1 Å². The number of hydrogen-bond acceptors (Lipinski definition) is 4. The summed E-state index contributed by atoms with van der Waals surface area (Å²) in [6.45, 7) is 3.69. The largest absolute Gasteiger partial charge is 0.341 e. The van der Waals surface area contributed by atoms with Crippen molar-refractivity contribution in [3.05, 3.63) is 29.8 Å². The van der Waals surface area contributed by atoms with E-state index in [-0.39, 0.29) is 23.8 Å². The maximum Gasteiger partial charge on any atom is 0.319 e. The van der Waals surface area contributed by atoms with Crippen LogP contribution >= 0.6 is 0 Å². The number of urea groups is 1. The van der Waals surface area contributed by atoms with Crippen LogP contribution in [0.25, 0.3) is 0 Å². The number of nitrogens with zero attached hydrogens (tertiary/aromatic N) is 2. The molecule has 1 aromatic carbocycles. The molecular formula is C18H23N5O3. The molecule has 0 aliphatic carbocycles. The van der Waals surface area contributed by atoms with Crippen molar-refractivity contribution in [1.29, 1.82) is 0 Å². The summed E-state index contributed by atoms with van der Waals surface area (Å²) in [7, 11) is 0. The van der Waals surface area contributed by atoms with E-state index in [0.29, 0.717) is 31.6 Å². The first kappa shape index (κ1) is 17.9. The minimum atomic E-state index is -0.306. The minimum Gasteiger partial charge on any atom is -0.341 e. The maximum absolute atomic E-state index is 11.9. The molecule has 1 fully saturated rings. The van der Waals surface area contributed by atoms with Crippen LogP contribution in [0.4, 0.5) is 10.5 Å². The van der Waals surface area contributed by atoms with Crippen molar-refractivity contribution in [2.45, 2.75) is 26.2 Å². The summed E-state index contributed by atoms with van der Waals surface area (Å²) >= 11 is 0. The number of hydrogen-bond donors (Lipinski definition) is 3. The van der Waals surface area contributed by atoms with Gasteiger partial charge in [-0.1, -0.05) is 19.1 Å². The van der Waals surface area contributed by atoms with Gasteiger partial charge in [-0.25, -0.2) is 10.2 Å². The van der Waals surface area contributed by atoms with Gasteiger partial charge < -0.3 is 15.5 Å².